The molecule has 0 fully saturated rings. The van der Waals surface area contributed by atoms with Gasteiger partial charge in [-0.25, -0.2) is 0 Å². The first-order valence-corrected chi connectivity index (χ1v) is 5.60. The summed E-state index contributed by atoms with van der Waals surface area (Å²) in [5.74, 6) is 0.0930. The number of aromatic amines is 1. The van der Waals surface area contributed by atoms with Crippen LogP contribution in [0.25, 0.3) is 10.9 Å². The average molecular weight is 237 g/mol. The molecule has 0 amide bonds. The Morgan fingerprint density at radius 1 is 1.50 bits per heavy atom. The zero-order chi connectivity index (χ0) is 11.5. The third-order valence-electron chi connectivity index (χ3n) is 2.48. The van der Waals surface area contributed by atoms with E-state index in [1.807, 2.05) is 19.1 Å². The van der Waals surface area contributed by atoms with Crippen molar-refractivity contribution in [3.63, 3.8) is 0 Å². The summed E-state index contributed by atoms with van der Waals surface area (Å²) in [5.41, 5.74) is 1.61. The van der Waals surface area contributed by atoms with Crippen molar-refractivity contribution in [3.8, 4) is 0 Å². The van der Waals surface area contributed by atoms with Crippen molar-refractivity contribution in [3.05, 3.63) is 35.0 Å². The van der Waals surface area contributed by atoms with Crippen LogP contribution in [-0.2, 0) is 0 Å². The molecule has 1 aromatic carbocycles. The van der Waals surface area contributed by atoms with Crippen molar-refractivity contribution in [1.29, 1.82) is 0 Å². The predicted octanol–water partition coefficient (Wildman–Crippen LogP) is 2.61. The number of benzene rings is 1. The molecule has 3 nitrogen and oxygen atoms in total. The maximum absolute atomic E-state index is 11.8. The fourth-order valence-electron chi connectivity index (χ4n) is 1.66. The number of rotatable bonds is 4. The average Bonchev–Trinajstić information content (AvgIpc) is 2.68. The number of ketones is 1. The van der Waals surface area contributed by atoms with Crippen LogP contribution in [0.15, 0.2) is 24.4 Å². The lowest BCUT2D eigenvalue weighted by molar-refractivity contribution is 0.0993. The number of carbonyl (C=O) groups is 1. The summed E-state index contributed by atoms with van der Waals surface area (Å²) in [4.78, 5) is 14.9. The molecular weight excluding hydrogens is 224 g/mol. The van der Waals surface area contributed by atoms with Crippen LogP contribution in [0.2, 0.25) is 5.02 Å². The zero-order valence-electron chi connectivity index (χ0n) is 9.01. The van der Waals surface area contributed by atoms with E-state index in [4.69, 9.17) is 11.6 Å². The molecule has 0 saturated carbocycles. The summed E-state index contributed by atoms with van der Waals surface area (Å²) < 4.78 is 0. The van der Waals surface area contributed by atoms with Crippen molar-refractivity contribution >= 4 is 28.3 Å². The van der Waals surface area contributed by atoms with Crippen LogP contribution in [0.4, 0.5) is 0 Å². The molecule has 0 saturated heterocycles. The molecule has 1 heterocycles. The minimum absolute atomic E-state index is 0.0930. The van der Waals surface area contributed by atoms with E-state index >= 15 is 0 Å². The number of halogens is 1. The number of nitrogens with one attached hydrogen (secondary N) is 2. The first-order chi connectivity index (χ1) is 7.72. The van der Waals surface area contributed by atoms with Gasteiger partial charge in [-0.3, -0.25) is 4.79 Å². The Labute approximate surface area is 98.8 Å². The van der Waals surface area contributed by atoms with Crippen molar-refractivity contribution in [2.45, 2.75) is 6.92 Å². The number of hydrogen-bond acceptors (Lipinski definition) is 2. The highest BCUT2D eigenvalue weighted by Crippen LogP contribution is 2.22. The molecule has 0 aliphatic carbocycles. The zero-order valence-corrected chi connectivity index (χ0v) is 9.77. The molecule has 2 aromatic rings. The van der Waals surface area contributed by atoms with E-state index in [9.17, 15) is 4.79 Å². The van der Waals surface area contributed by atoms with Gasteiger partial charge in [0, 0.05) is 27.7 Å². The minimum Gasteiger partial charge on any atom is -0.360 e. The summed E-state index contributed by atoms with van der Waals surface area (Å²) in [6.07, 6.45) is 1.74. The van der Waals surface area contributed by atoms with Gasteiger partial charge in [0.1, 0.15) is 0 Å². The Morgan fingerprint density at radius 3 is 3.06 bits per heavy atom. The van der Waals surface area contributed by atoms with Crippen LogP contribution in [0.1, 0.15) is 17.3 Å². The summed E-state index contributed by atoms with van der Waals surface area (Å²) in [6.45, 7) is 3.13. The van der Waals surface area contributed by atoms with Gasteiger partial charge in [-0.1, -0.05) is 24.6 Å². The maximum atomic E-state index is 11.8. The van der Waals surface area contributed by atoms with E-state index in [0.29, 0.717) is 17.1 Å². The van der Waals surface area contributed by atoms with Gasteiger partial charge in [0.2, 0.25) is 0 Å². The van der Waals surface area contributed by atoms with Gasteiger partial charge >= 0.3 is 0 Å². The van der Waals surface area contributed by atoms with E-state index in [2.05, 4.69) is 10.3 Å². The number of H-pyrrole nitrogens is 1. The molecule has 4 heteroatoms. The molecule has 2 N–H and O–H groups in total. The SMILES string of the molecule is CCNCC(=O)c1c[nH]c2cc(Cl)ccc12. The number of hydrogen-bond donors (Lipinski definition) is 2. The molecule has 0 aliphatic rings. The Morgan fingerprint density at radius 2 is 2.31 bits per heavy atom. The number of fused-ring (bicyclic) bond motifs is 1. The maximum Gasteiger partial charge on any atom is 0.178 e. The molecule has 0 aliphatic heterocycles. The third kappa shape index (κ3) is 2.10. The smallest absolute Gasteiger partial charge is 0.178 e. The number of likely N-dealkylation sites (N-methyl/N-ethyl adjacent to an activating group) is 1. The molecule has 0 radical (unpaired) electrons. The van der Waals surface area contributed by atoms with Crippen molar-refractivity contribution < 1.29 is 4.79 Å². The van der Waals surface area contributed by atoms with Crippen LogP contribution in [0.5, 0.6) is 0 Å². The van der Waals surface area contributed by atoms with Gasteiger partial charge < -0.3 is 10.3 Å². The quantitative estimate of drug-likeness (QED) is 0.802. The van der Waals surface area contributed by atoms with Crippen LogP contribution in [0.3, 0.4) is 0 Å². The van der Waals surface area contributed by atoms with Gasteiger partial charge in [-0.05, 0) is 18.7 Å². The fourth-order valence-corrected chi connectivity index (χ4v) is 1.83. The molecule has 84 valence electrons. The van der Waals surface area contributed by atoms with Gasteiger partial charge in [-0.2, -0.15) is 0 Å². The van der Waals surface area contributed by atoms with E-state index in [-0.39, 0.29) is 5.78 Å². The van der Waals surface area contributed by atoms with Crippen LogP contribution in [-0.4, -0.2) is 23.9 Å². The summed E-state index contributed by atoms with van der Waals surface area (Å²) in [5, 5.41) is 4.61. The first kappa shape index (κ1) is 11.2. The minimum atomic E-state index is 0.0930. The number of aromatic nitrogens is 1. The first-order valence-electron chi connectivity index (χ1n) is 5.23. The van der Waals surface area contributed by atoms with Crippen molar-refractivity contribution in [2.75, 3.05) is 13.1 Å². The lowest BCUT2D eigenvalue weighted by Gasteiger charge is -1.99. The third-order valence-corrected chi connectivity index (χ3v) is 2.71. The Bertz CT molecular complexity index is 519. The van der Waals surface area contributed by atoms with Gasteiger partial charge in [-0.15, -0.1) is 0 Å². The van der Waals surface area contributed by atoms with Crippen molar-refractivity contribution in [1.82, 2.24) is 10.3 Å². The topological polar surface area (TPSA) is 44.9 Å². The molecule has 0 atom stereocenters. The van der Waals surface area contributed by atoms with E-state index < -0.39 is 0 Å². The second kappa shape index (κ2) is 4.68. The Balaban J connectivity index is 2.34. The molecule has 0 spiro atoms. The highest BCUT2D eigenvalue weighted by Gasteiger charge is 2.11. The highest BCUT2D eigenvalue weighted by molar-refractivity contribution is 6.31. The summed E-state index contributed by atoms with van der Waals surface area (Å²) >= 11 is 5.87. The number of carbonyl (C=O) groups excluding carboxylic acids is 1. The van der Waals surface area contributed by atoms with Crippen LogP contribution < -0.4 is 5.32 Å². The van der Waals surface area contributed by atoms with E-state index in [1.165, 1.54) is 0 Å². The van der Waals surface area contributed by atoms with Gasteiger partial charge in [0.05, 0.1) is 6.54 Å². The van der Waals surface area contributed by atoms with Crippen LogP contribution in [0, 0.1) is 0 Å². The second-order valence-electron chi connectivity index (χ2n) is 3.60. The molecule has 16 heavy (non-hydrogen) atoms. The standard InChI is InChI=1S/C12H13ClN2O/c1-2-14-7-12(16)10-6-15-11-5-8(13)3-4-9(10)11/h3-6,14-15H,2,7H2,1H3. The predicted molar refractivity (Wildman–Crippen MR) is 66.2 cm³/mol. The van der Waals surface area contributed by atoms with Crippen molar-refractivity contribution in [2.24, 2.45) is 0 Å². The van der Waals surface area contributed by atoms with Gasteiger partial charge in [0.25, 0.3) is 0 Å². The summed E-state index contributed by atoms with van der Waals surface area (Å²) in [6, 6.07) is 5.48. The Hall–Kier alpha value is -1.32. The van der Waals surface area contributed by atoms with Crippen LogP contribution >= 0.6 is 11.6 Å². The lowest BCUT2D eigenvalue weighted by atomic mass is 10.1. The summed E-state index contributed by atoms with van der Waals surface area (Å²) in [7, 11) is 0. The molecule has 1 aromatic heterocycles. The molecular formula is C12H13ClN2O. The molecule has 0 bridgehead atoms. The van der Waals surface area contributed by atoms with E-state index in [1.54, 1.807) is 12.3 Å². The highest BCUT2D eigenvalue weighted by atomic mass is 35.5. The lowest BCUT2D eigenvalue weighted by Crippen LogP contribution is -2.22. The fraction of sp³-hybridized carbons (Fsp3) is 0.250. The van der Waals surface area contributed by atoms with Gasteiger partial charge in [0.15, 0.2) is 5.78 Å². The largest absolute Gasteiger partial charge is 0.360 e. The molecule has 2 rings (SSSR count). The second-order valence-corrected chi connectivity index (χ2v) is 4.03. The molecule has 0 unspecified atom stereocenters. The van der Waals surface area contributed by atoms with E-state index in [0.717, 1.165) is 17.4 Å². The monoisotopic (exact) mass is 236 g/mol. The Kier molecular flexibility index (Phi) is 3.27. The number of Topliss-reactive ketones (excluding diaryl/α,β-unsaturated/α-hetero) is 1. The normalized spacial score (nSPS) is 10.9.